The van der Waals surface area contributed by atoms with Gasteiger partial charge in [0.05, 0.1) is 0 Å². The first-order chi connectivity index (χ1) is 6.06. The molecule has 0 fully saturated rings. The summed E-state index contributed by atoms with van der Waals surface area (Å²) >= 11 is 0. The lowest BCUT2D eigenvalue weighted by Crippen LogP contribution is -2.31. The van der Waals surface area contributed by atoms with Gasteiger partial charge in [0, 0.05) is 12.5 Å². The number of hydrogen-bond acceptors (Lipinski definition) is 2. The molecule has 0 rings (SSSR count). The molecule has 0 spiro atoms. The largest absolute Gasteiger partial charge is 0.481 e. The molecule has 0 aliphatic heterocycles. The third kappa shape index (κ3) is 7.05. The van der Waals surface area contributed by atoms with Crippen LogP contribution in [0.4, 0.5) is 0 Å². The van der Waals surface area contributed by atoms with Crippen LogP contribution in [0.5, 0.6) is 0 Å². The van der Waals surface area contributed by atoms with E-state index in [9.17, 15) is 9.59 Å². The van der Waals surface area contributed by atoms with Gasteiger partial charge in [-0.25, -0.2) is 0 Å². The van der Waals surface area contributed by atoms with Gasteiger partial charge in [-0.3, -0.25) is 9.59 Å². The maximum Gasteiger partial charge on any atom is 0.303 e. The number of amides is 1. The molecule has 0 aromatic rings. The van der Waals surface area contributed by atoms with Crippen LogP contribution in [0, 0.1) is 0 Å². The van der Waals surface area contributed by atoms with Crippen molar-refractivity contribution in [2.75, 3.05) is 0 Å². The molecule has 4 heteroatoms. The topological polar surface area (TPSA) is 66.4 Å². The lowest BCUT2D eigenvalue weighted by atomic mass is 10.2. The van der Waals surface area contributed by atoms with Crippen molar-refractivity contribution in [3.63, 3.8) is 0 Å². The Kier molecular flexibility index (Phi) is 5.59. The maximum absolute atomic E-state index is 11.0. The predicted molar refractivity (Wildman–Crippen MR) is 49.3 cm³/mol. The Morgan fingerprint density at radius 2 is 2.15 bits per heavy atom. The van der Waals surface area contributed by atoms with Crippen molar-refractivity contribution in [1.29, 1.82) is 0 Å². The Balaban J connectivity index is 3.67. The van der Waals surface area contributed by atoms with E-state index < -0.39 is 5.97 Å². The Morgan fingerprint density at radius 1 is 1.54 bits per heavy atom. The molecule has 0 aromatic carbocycles. The van der Waals surface area contributed by atoms with Crippen molar-refractivity contribution >= 4 is 11.9 Å². The number of carboxylic acid groups (broad SMARTS) is 1. The van der Waals surface area contributed by atoms with Gasteiger partial charge in [-0.1, -0.05) is 6.08 Å². The molecular weight excluding hydrogens is 170 g/mol. The van der Waals surface area contributed by atoms with Gasteiger partial charge in [-0.15, -0.1) is 0 Å². The van der Waals surface area contributed by atoms with E-state index in [1.165, 1.54) is 6.08 Å². The van der Waals surface area contributed by atoms with E-state index in [0.29, 0.717) is 6.42 Å². The van der Waals surface area contributed by atoms with Gasteiger partial charge in [0.2, 0.25) is 5.91 Å². The van der Waals surface area contributed by atoms with Gasteiger partial charge >= 0.3 is 5.97 Å². The highest BCUT2D eigenvalue weighted by molar-refractivity contribution is 5.87. The predicted octanol–water partition coefficient (Wildman–Crippen LogP) is 0.932. The number of carboxylic acids is 1. The zero-order chi connectivity index (χ0) is 10.3. The van der Waals surface area contributed by atoms with Gasteiger partial charge in [0.25, 0.3) is 0 Å². The quantitative estimate of drug-likeness (QED) is 0.626. The molecule has 0 saturated heterocycles. The normalized spacial score (nSPS) is 12.8. The van der Waals surface area contributed by atoms with Crippen LogP contribution in [0.2, 0.25) is 0 Å². The molecule has 0 radical (unpaired) electrons. The van der Waals surface area contributed by atoms with Crippen LogP contribution in [0.15, 0.2) is 12.2 Å². The fourth-order valence-electron chi connectivity index (χ4n) is 0.854. The van der Waals surface area contributed by atoms with E-state index >= 15 is 0 Å². The third-order valence-corrected chi connectivity index (χ3v) is 1.50. The lowest BCUT2D eigenvalue weighted by molar-refractivity contribution is -0.137. The highest BCUT2D eigenvalue weighted by Crippen LogP contribution is 1.95. The minimum absolute atomic E-state index is 0.0806. The van der Waals surface area contributed by atoms with E-state index in [1.54, 1.807) is 19.9 Å². The van der Waals surface area contributed by atoms with Crippen LogP contribution in [0.3, 0.4) is 0 Å². The molecule has 0 aliphatic rings. The van der Waals surface area contributed by atoms with Gasteiger partial charge < -0.3 is 10.4 Å². The molecule has 0 heterocycles. The second kappa shape index (κ2) is 6.22. The van der Waals surface area contributed by atoms with Crippen LogP contribution in [-0.2, 0) is 9.59 Å². The SMILES string of the molecule is CC=CC(=O)NC(C)CCC(=O)O. The smallest absolute Gasteiger partial charge is 0.303 e. The molecule has 0 saturated carbocycles. The molecule has 1 atom stereocenters. The Labute approximate surface area is 77.6 Å². The second-order valence-electron chi connectivity index (χ2n) is 2.84. The Hall–Kier alpha value is -1.32. The molecule has 1 unspecified atom stereocenters. The lowest BCUT2D eigenvalue weighted by Gasteiger charge is -2.10. The maximum atomic E-state index is 11.0. The average molecular weight is 185 g/mol. The molecule has 4 nitrogen and oxygen atoms in total. The third-order valence-electron chi connectivity index (χ3n) is 1.50. The minimum atomic E-state index is -0.841. The number of rotatable bonds is 5. The first-order valence-corrected chi connectivity index (χ1v) is 4.21. The molecule has 74 valence electrons. The molecule has 0 aromatic heterocycles. The van der Waals surface area contributed by atoms with Crippen molar-refractivity contribution < 1.29 is 14.7 Å². The number of aliphatic carboxylic acids is 1. The Bertz CT molecular complexity index is 211. The zero-order valence-electron chi connectivity index (χ0n) is 7.91. The summed E-state index contributed by atoms with van der Waals surface area (Å²) in [6, 6.07) is -0.0974. The van der Waals surface area contributed by atoms with Crippen LogP contribution in [0.25, 0.3) is 0 Å². The number of allylic oxidation sites excluding steroid dienone is 1. The number of hydrogen-bond donors (Lipinski definition) is 2. The number of carbonyl (C=O) groups excluding carboxylic acids is 1. The fourth-order valence-corrected chi connectivity index (χ4v) is 0.854. The van der Waals surface area contributed by atoms with E-state index in [0.717, 1.165) is 0 Å². The fraction of sp³-hybridized carbons (Fsp3) is 0.556. The first kappa shape index (κ1) is 11.7. The molecular formula is C9H15NO3. The summed E-state index contributed by atoms with van der Waals surface area (Å²) in [5, 5.41) is 11.0. The second-order valence-corrected chi connectivity index (χ2v) is 2.84. The van der Waals surface area contributed by atoms with E-state index in [4.69, 9.17) is 5.11 Å². The average Bonchev–Trinajstić information content (AvgIpc) is 2.01. The van der Waals surface area contributed by atoms with Crippen LogP contribution >= 0.6 is 0 Å². The summed E-state index contributed by atoms with van der Waals surface area (Å²) in [4.78, 5) is 21.1. The summed E-state index contributed by atoms with van der Waals surface area (Å²) in [5.74, 6) is -1.02. The molecule has 0 bridgehead atoms. The minimum Gasteiger partial charge on any atom is -0.481 e. The van der Waals surface area contributed by atoms with Crippen LogP contribution < -0.4 is 5.32 Å². The Morgan fingerprint density at radius 3 is 2.62 bits per heavy atom. The van der Waals surface area contributed by atoms with Crippen molar-refractivity contribution in [3.05, 3.63) is 12.2 Å². The number of carbonyl (C=O) groups is 2. The van der Waals surface area contributed by atoms with Crippen molar-refractivity contribution in [3.8, 4) is 0 Å². The standard InChI is InChI=1S/C9H15NO3/c1-3-4-8(11)10-7(2)5-6-9(12)13/h3-4,7H,5-6H2,1-2H3,(H,10,11)(H,12,13). The summed E-state index contributed by atoms with van der Waals surface area (Å²) in [6.45, 7) is 3.53. The van der Waals surface area contributed by atoms with Gasteiger partial charge in [0.1, 0.15) is 0 Å². The van der Waals surface area contributed by atoms with Crippen LogP contribution in [0.1, 0.15) is 26.7 Å². The highest BCUT2D eigenvalue weighted by Gasteiger charge is 2.06. The number of nitrogens with one attached hydrogen (secondary N) is 1. The van der Waals surface area contributed by atoms with Gasteiger partial charge in [0.15, 0.2) is 0 Å². The van der Waals surface area contributed by atoms with Gasteiger partial charge in [-0.2, -0.15) is 0 Å². The van der Waals surface area contributed by atoms with Crippen molar-refractivity contribution in [2.24, 2.45) is 0 Å². The first-order valence-electron chi connectivity index (χ1n) is 4.21. The zero-order valence-corrected chi connectivity index (χ0v) is 7.91. The summed E-state index contributed by atoms with van der Waals surface area (Å²) in [6.07, 6.45) is 3.59. The van der Waals surface area contributed by atoms with Crippen molar-refractivity contribution in [2.45, 2.75) is 32.7 Å². The summed E-state index contributed by atoms with van der Waals surface area (Å²) < 4.78 is 0. The summed E-state index contributed by atoms with van der Waals surface area (Å²) in [7, 11) is 0. The van der Waals surface area contributed by atoms with Gasteiger partial charge in [-0.05, 0) is 26.3 Å². The molecule has 13 heavy (non-hydrogen) atoms. The van der Waals surface area contributed by atoms with E-state index in [2.05, 4.69) is 5.32 Å². The van der Waals surface area contributed by atoms with E-state index in [-0.39, 0.29) is 18.4 Å². The molecule has 2 N–H and O–H groups in total. The van der Waals surface area contributed by atoms with Crippen LogP contribution in [-0.4, -0.2) is 23.0 Å². The van der Waals surface area contributed by atoms with Crippen molar-refractivity contribution in [1.82, 2.24) is 5.32 Å². The summed E-state index contributed by atoms with van der Waals surface area (Å²) in [5.41, 5.74) is 0. The molecule has 0 aliphatic carbocycles. The monoisotopic (exact) mass is 185 g/mol. The molecule has 1 amide bonds. The highest BCUT2D eigenvalue weighted by atomic mass is 16.4. The van der Waals surface area contributed by atoms with E-state index in [1.807, 2.05) is 0 Å².